The number of benzene rings is 1. The number of unbranched alkanes of at least 4 members (excludes halogenated alkanes) is 3. The number of fused-ring (bicyclic) bond motifs is 1. The first kappa shape index (κ1) is 52.3. The van der Waals surface area contributed by atoms with Crippen molar-refractivity contribution < 1.29 is 33.4 Å². The molecule has 9 atom stereocenters. The minimum absolute atomic E-state index is 0.00475. The van der Waals surface area contributed by atoms with Crippen LogP contribution in [-0.2, 0) is 39.9 Å². The van der Waals surface area contributed by atoms with Gasteiger partial charge in [0.05, 0.1) is 42.7 Å². The van der Waals surface area contributed by atoms with Gasteiger partial charge in [-0.1, -0.05) is 85.9 Å². The number of primary amides is 1. The highest BCUT2D eigenvalue weighted by Crippen LogP contribution is 2.30. The Bertz CT molecular complexity index is 1730. The van der Waals surface area contributed by atoms with E-state index < -0.39 is 60.1 Å². The number of hydrogen-bond acceptors (Lipinski definition) is 9. The van der Waals surface area contributed by atoms with Crippen LogP contribution in [0, 0.1) is 23.7 Å². The number of amides is 5. The molecule has 2 aromatic rings. The number of carbonyl (C=O) groups excluding carboxylic acids is 5. The van der Waals surface area contributed by atoms with Crippen molar-refractivity contribution in [3.63, 3.8) is 0 Å². The molecule has 1 aromatic carbocycles. The van der Waals surface area contributed by atoms with Crippen molar-refractivity contribution in [2.45, 2.75) is 149 Å². The standard InChI is InChI=1S/C47H80N8O7/c1-12-31(6)42(54(9)47(60)40(29(2)3)52-46(59)41(30(4)5)53(8)24-18-14-13-17-23-48)38(61-10)27-39(56)55-25-19-22-37(55)43(62-11)32(7)45(58)51-36(44(49)57)26-33-28-50-35-21-16-15-20-34(33)35/h15-16,20-21,28-32,36-38,40-43,50H,12-14,17-19,22-27,48H2,1-11H3,(H2,49,57)(H,51,58)(H,52,59)/t31?,32?,36?,37-,38?,40?,41?,42?,43?/m0/s1. The van der Waals surface area contributed by atoms with E-state index in [1.807, 2.05) is 79.1 Å². The minimum atomic E-state index is -0.953. The number of likely N-dealkylation sites (tertiary alicyclic amines) is 1. The molecule has 15 heteroatoms. The topological polar surface area (TPSA) is 205 Å². The van der Waals surface area contributed by atoms with Gasteiger partial charge in [0.25, 0.3) is 0 Å². The highest BCUT2D eigenvalue weighted by atomic mass is 16.5. The average molecular weight is 869 g/mol. The Morgan fingerprint density at radius 1 is 0.919 bits per heavy atom. The molecular formula is C47H80N8O7. The van der Waals surface area contributed by atoms with Crippen LogP contribution in [0.2, 0.25) is 0 Å². The number of aromatic amines is 1. The molecule has 0 bridgehead atoms. The van der Waals surface area contributed by atoms with E-state index in [1.165, 1.54) is 7.11 Å². The summed E-state index contributed by atoms with van der Waals surface area (Å²) in [5, 5.41) is 6.93. The van der Waals surface area contributed by atoms with Crippen LogP contribution in [0.5, 0.6) is 0 Å². The van der Waals surface area contributed by atoms with Crippen molar-refractivity contribution in [1.29, 1.82) is 0 Å². The number of likely N-dealkylation sites (N-methyl/N-ethyl adjacent to an activating group) is 2. The first-order chi connectivity index (χ1) is 29.4. The van der Waals surface area contributed by atoms with Crippen LogP contribution in [0.15, 0.2) is 30.5 Å². The fraction of sp³-hybridized carbons (Fsp3) is 0.723. The highest BCUT2D eigenvalue weighted by molar-refractivity contribution is 5.91. The zero-order chi connectivity index (χ0) is 46.3. The normalized spacial score (nSPS) is 18.3. The lowest BCUT2D eigenvalue weighted by Gasteiger charge is -2.41. The molecule has 2 heterocycles. The summed E-state index contributed by atoms with van der Waals surface area (Å²) in [6.07, 6.45) is 6.81. The molecule has 1 saturated heterocycles. The van der Waals surface area contributed by atoms with Gasteiger partial charge >= 0.3 is 0 Å². The Labute approximate surface area is 371 Å². The molecule has 8 unspecified atom stereocenters. The monoisotopic (exact) mass is 869 g/mol. The molecule has 0 spiro atoms. The summed E-state index contributed by atoms with van der Waals surface area (Å²) >= 11 is 0. The van der Waals surface area contributed by atoms with Crippen molar-refractivity contribution in [1.82, 2.24) is 30.3 Å². The third kappa shape index (κ3) is 13.7. The van der Waals surface area contributed by atoms with Gasteiger partial charge in [-0.15, -0.1) is 0 Å². The van der Waals surface area contributed by atoms with Gasteiger partial charge in [0, 0.05) is 51.3 Å². The summed E-state index contributed by atoms with van der Waals surface area (Å²) in [4.78, 5) is 78.0. The number of rotatable bonds is 27. The van der Waals surface area contributed by atoms with E-state index in [1.54, 1.807) is 30.9 Å². The number of H-pyrrole nitrogens is 1. The summed E-state index contributed by atoms with van der Waals surface area (Å²) in [5.41, 5.74) is 13.2. The van der Waals surface area contributed by atoms with Crippen molar-refractivity contribution in [3.05, 3.63) is 36.0 Å². The third-order valence-electron chi connectivity index (χ3n) is 13.1. The van der Waals surface area contributed by atoms with Gasteiger partial charge in [-0.2, -0.15) is 0 Å². The molecule has 7 N–H and O–H groups in total. The molecule has 1 fully saturated rings. The smallest absolute Gasteiger partial charge is 0.245 e. The fourth-order valence-corrected chi connectivity index (χ4v) is 9.33. The molecule has 5 amide bonds. The molecule has 1 aliphatic rings. The molecular weight excluding hydrogens is 789 g/mol. The summed E-state index contributed by atoms with van der Waals surface area (Å²) in [7, 11) is 6.79. The molecule has 3 rings (SSSR count). The zero-order valence-corrected chi connectivity index (χ0v) is 39.6. The number of ether oxygens (including phenoxy) is 2. The maximum absolute atomic E-state index is 14.5. The van der Waals surface area contributed by atoms with Gasteiger partial charge in [-0.3, -0.25) is 28.9 Å². The number of carbonyl (C=O) groups is 5. The van der Waals surface area contributed by atoms with Crippen LogP contribution in [0.25, 0.3) is 10.9 Å². The molecule has 350 valence electrons. The number of nitrogens with two attached hydrogens (primary N) is 2. The quantitative estimate of drug-likeness (QED) is 0.0815. The van der Waals surface area contributed by atoms with Crippen molar-refractivity contribution in [2.24, 2.45) is 35.1 Å². The summed E-state index contributed by atoms with van der Waals surface area (Å²) < 4.78 is 12.0. The lowest BCUT2D eigenvalue weighted by molar-refractivity contribution is -0.148. The third-order valence-corrected chi connectivity index (χ3v) is 13.1. The fourth-order valence-electron chi connectivity index (χ4n) is 9.33. The number of nitrogens with one attached hydrogen (secondary N) is 3. The number of aromatic nitrogens is 1. The van der Waals surface area contributed by atoms with E-state index in [-0.39, 0.29) is 48.3 Å². The van der Waals surface area contributed by atoms with Crippen LogP contribution in [0.3, 0.4) is 0 Å². The van der Waals surface area contributed by atoms with Gasteiger partial charge in [0.2, 0.25) is 29.5 Å². The molecule has 15 nitrogen and oxygen atoms in total. The first-order valence-corrected chi connectivity index (χ1v) is 22.9. The lowest BCUT2D eigenvalue weighted by atomic mass is 9.89. The van der Waals surface area contributed by atoms with Crippen LogP contribution in [0.1, 0.15) is 105 Å². The first-order valence-electron chi connectivity index (χ1n) is 22.9. The summed E-state index contributed by atoms with van der Waals surface area (Å²) in [5.74, 6) is -2.60. The molecule has 0 radical (unpaired) electrons. The Hall–Kier alpha value is -4.05. The van der Waals surface area contributed by atoms with Gasteiger partial charge in [-0.25, -0.2) is 0 Å². The van der Waals surface area contributed by atoms with Gasteiger partial charge < -0.3 is 46.4 Å². The second kappa shape index (κ2) is 25.3. The van der Waals surface area contributed by atoms with Crippen LogP contribution in [0.4, 0.5) is 0 Å². The largest absolute Gasteiger partial charge is 0.379 e. The average Bonchev–Trinajstić information content (AvgIpc) is 3.89. The maximum atomic E-state index is 14.5. The van der Waals surface area contributed by atoms with Gasteiger partial charge in [-0.05, 0) is 75.2 Å². The van der Waals surface area contributed by atoms with E-state index in [2.05, 4.69) is 20.5 Å². The maximum Gasteiger partial charge on any atom is 0.245 e. The molecule has 0 saturated carbocycles. The van der Waals surface area contributed by atoms with E-state index in [4.69, 9.17) is 20.9 Å². The molecule has 1 aliphatic heterocycles. The van der Waals surface area contributed by atoms with Crippen LogP contribution < -0.4 is 22.1 Å². The molecule has 1 aromatic heterocycles. The van der Waals surface area contributed by atoms with E-state index >= 15 is 0 Å². The SMILES string of the molecule is CCC(C)C(C(CC(=O)N1CCC[C@H]1C(OC)C(C)C(=O)NC(Cc1c[nH]c2ccccc12)C(N)=O)OC)N(C)C(=O)C(NC(=O)C(C(C)C)N(C)CCCCCCN)C(C)C. The minimum Gasteiger partial charge on any atom is -0.379 e. The Morgan fingerprint density at radius 3 is 2.19 bits per heavy atom. The van der Waals surface area contributed by atoms with Crippen LogP contribution >= 0.6 is 0 Å². The Kier molecular flexibility index (Phi) is 21.3. The highest BCUT2D eigenvalue weighted by Gasteiger charge is 2.43. The predicted molar refractivity (Wildman–Crippen MR) is 245 cm³/mol. The van der Waals surface area contributed by atoms with Crippen molar-refractivity contribution >= 4 is 40.4 Å². The van der Waals surface area contributed by atoms with E-state index in [0.717, 1.165) is 61.5 Å². The van der Waals surface area contributed by atoms with Crippen LogP contribution in [-0.4, -0.2) is 140 Å². The number of methoxy groups -OCH3 is 2. The predicted octanol–water partition coefficient (Wildman–Crippen LogP) is 4.22. The lowest BCUT2D eigenvalue weighted by Crippen LogP contribution is -2.60. The summed E-state index contributed by atoms with van der Waals surface area (Å²) in [6.45, 7) is 15.6. The molecule has 62 heavy (non-hydrogen) atoms. The van der Waals surface area contributed by atoms with E-state index in [0.29, 0.717) is 19.5 Å². The Morgan fingerprint density at radius 2 is 1.60 bits per heavy atom. The summed E-state index contributed by atoms with van der Waals surface area (Å²) in [6, 6.07) is 4.67. The van der Waals surface area contributed by atoms with Gasteiger partial charge in [0.15, 0.2) is 0 Å². The second-order valence-electron chi connectivity index (χ2n) is 18.2. The van der Waals surface area contributed by atoms with Crippen molar-refractivity contribution in [2.75, 3.05) is 47.9 Å². The van der Waals surface area contributed by atoms with Crippen molar-refractivity contribution in [3.8, 4) is 0 Å². The second-order valence-corrected chi connectivity index (χ2v) is 18.2. The molecule has 0 aliphatic carbocycles. The van der Waals surface area contributed by atoms with E-state index in [9.17, 15) is 24.0 Å². The Balaban J connectivity index is 1.76. The number of nitrogens with zero attached hydrogens (tertiary/aromatic N) is 3. The zero-order valence-electron chi connectivity index (χ0n) is 39.6. The van der Waals surface area contributed by atoms with Gasteiger partial charge in [0.1, 0.15) is 12.1 Å². The number of para-hydroxylation sites is 1. The number of hydrogen-bond donors (Lipinski definition) is 5.